The van der Waals surface area contributed by atoms with Crippen LogP contribution in [0.2, 0.25) is 5.02 Å². The fourth-order valence-electron chi connectivity index (χ4n) is 1.55. The van der Waals surface area contributed by atoms with Gasteiger partial charge in [-0.1, -0.05) is 11.6 Å². The van der Waals surface area contributed by atoms with Crippen molar-refractivity contribution in [3.63, 3.8) is 0 Å². The number of nitrogens with two attached hydrogens (primary N) is 1. The average Bonchev–Trinajstić information content (AvgIpc) is 2.35. The molecule has 1 atom stereocenters. The zero-order valence-corrected chi connectivity index (χ0v) is 12.8. The Balaban J connectivity index is 3.14. The van der Waals surface area contributed by atoms with Crippen LogP contribution in [-0.4, -0.2) is 28.6 Å². The molecule has 0 fully saturated rings. The van der Waals surface area contributed by atoms with Crippen molar-refractivity contribution >= 4 is 39.2 Å². The first-order chi connectivity index (χ1) is 9.29. The molecule has 0 bridgehead atoms. The van der Waals surface area contributed by atoms with Crippen molar-refractivity contribution in [1.82, 2.24) is 0 Å². The van der Waals surface area contributed by atoms with Gasteiger partial charge in [0, 0.05) is 12.0 Å². The molecule has 9 heteroatoms. The zero-order chi connectivity index (χ0) is 15.4. The van der Waals surface area contributed by atoms with Crippen LogP contribution in [0.1, 0.15) is 12.5 Å². The molecule has 0 heterocycles. The first-order valence-corrected chi connectivity index (χ1v) is 6.73. The highest BCUT2D eigenvalue weighted by atomic mass is 79.9. The minimum absolute atomic E-state index is 0.0323. The predicted octanol–water partition coefficient (Wildman–Crippen LogP) is 2.15. The lowest BCUT2D eigenvalue weighted by Gasteiger charge is -2.12. The second kappa shape index (κ2) is 6.87. The Bertz CT molecular complexity index is 552. The maximum absolute atomic E-state index is 11.4. The number of rotatable bonds is 5. The average molecular weight is 368 g/mol. The fraction of sp³-hybridized carbons (Fsp3) is 0.364. The van der Waals surface area contributed by atoms with Crippen molar-refractivity contribution in [3.05, 3.63) is 31.2 Å². The van der Waals surface area contributed by atoms with Crippen LogP contribution in [0.5, 0.6) is 5.75 Å². The summed E-state index contributed by atoms with van der Waals surface area (Å²) in [6, 6.07) is 0.269. The van der Waals surface area contributed by atoms with Gasteiger partial charge in [-0.05, 0) is 28.9 Å². The molecule has 0 saturated carbocycles. The van der Waals surface area contributed by atoms with E-state index >= 15 is 0 Å². The van der Waals surface area contributed by atoms with Crippen molar-refractivity contribution in [2.24, 2.45) is 5.73 Å². The third kappa shape index (κ3) is 3.59. The largest absolute Gasteiger partial charge is 0.502 e. The fourth-order valence-corrected chi connectivity index (χ4v) is 2.21. The molecule has 0 aliphatic heterocycles. The first kappa shape index (κ1) is 16.7. The van der Waals surface area contributed by atoms with Gasteiger partial charge >= 0.3 is 11.7 Å². The Hall–Kier alpha value is -1.38. The Morgan fingerprint density at radius 3 is 2.80 bits per heavy atom. The lowest BCUT2D eigenvalue weighted by Crippen LogP contribution is -2.34. The lowest BCUT2D eigenvalue weighted by molar-refractivity contribution is -0.386. The summed E-state index contributed by atoms with van der Waals surface area (Å²) in [5.41, 5.74) is 5.14. The van der Waals surface area contributed by atoms with Crippen LogP contribution in [0.15, 0.2) is 10.5 Å². The van der Waals surface area contributed by atoms with Gasteiger partial charge < -0.3 is 15.6 Å². The van der Waals surface area contributed by atoms with E-state index in [0.29, 0.717) is 0 Å². The Morgan fingerprint density at radius 1 is 1.70 bits per heavy atom. The molecule has 1 aromatic carbocycles. The number of phenolic OH excluding ortho intramolecular Hbond substituents is 1. The van der Waals surface area contributed by atoms with E-state index in [1.54, 1.807) is 6.92 Å². The second-order valence-electron chi connectivity index (χ2n) is 3.85. The number of esters is 1. The molecule has 3 N–H and O–H groups in total. The van der Waals surface area contributed by atoms with E-state index in [-0.39, 0.29) is 28.1 Å². The highest BCUT2D eigenvalue weighted by Gasteiger charge is 2.27. The van der Waals surface area contributed by atoms with Crippen LogP contribution < -0.4 is 5.73 Å². The lowest BCUT2D eigenvalue weighted by atomic mass is 10.0. The molecule has 1 aromatic rings. The van der Waals surface area contributed by atoms with Crippen LogP contribution in [-0.2, 0) is 16.0 Å². The Kier molecular flexibility index (Phi) is 5.73. The summed E-state index contributed by atoms with van der Waals surface area (Å²) in [6.45, 7) is 1.79. The Labute approximate surface area is 127 Å². The highest BCUT2D eigenvalue weighted by Crippen LogP contribution is 2.42. The first-order valence-electron chi connectivity index (χ1n) is 5.56. The summed E-state index contributed by atoms with van der Waals surface area (Å²) in [7, 11) is 0. The van der Waals surface area contributed by atoms with Gasteiger partial charge in [-0.3, -0.25) is 14.9 Å². The summed E-state index contributed by atoms with van der Waals surface area (Å²) < 4.78 is 4.69. The number of hydrogen-bond donors (Lipinski definition) is 2. The van der Waals surface area contributed by atoms with Crippen molar-refractivity contribution in [2.75, 3.05) is 6.61 Å². The molecule has 0 spiro atoms. The molecule has 0 aromatic heterocycles. The molecule has 0 radical (unpaired) electrons. The SMILES string of the molecule is CCOC(=O)C(N)Cc1cc(Cl)c(Br)c([N+](=O)[O-])c1O. The highest BCUT2D eigenvalue weighted by molar-refractivity contribution is 9.10. The summed E-state index contributed by atoms with van der Waals surface area (Å²) in [6.07, 6.45) is -0.126. The van der Waals surface area contributed by atoms with E-state index in [9.17, 15) is 20.0 Å². The predicted molar refractivity (Wildman–Crippen MR) is 75.8 cm³/mol. The zero-order valence-electron chi connectivity index (χ0n) is 10.4. The van der Waals surface area contributed by atoms with Crippen molar-refractivity contribution < 1.29 is 19.6 Å². The summed E-state index contributed by atoms with van der Waals surface area (Å²) >= 11 is 8.77. The number of phenols is 1. The number of aromatic hydroxyl groups is 1. The number of nitrogens with zero attached hydrogens (tertiary/aromatic N) is 1. The maximum Gasteiger partial charge on any atom is 0.326 e. The molecular formula is C11H12BrClN2O5. The van der Waals surface area contributed by atoms with Gasteiger partial charge in [0.15, 0.2) is 5.75 Å². The smallest absolute Gasteiger partial charge is 0.326 e. The molecule has 110 valence electrons. The number of carbonyl (C=O) groups excluding carboxylic acids is 1. The molecule has 7 nitrogen and oxygen atoms in total. The number of carbonyl (C=O) groups is 1. The normalized spacial score (nSPS) is 12.0. The van der Waals surface area contributed by atoms with E-state index in [0.717, 1.165) is 0 Å². The third-order valence-corrected chi connectivity index (χ3v) is 3.79. The quantitative estimate of drug-likeness (QED) is 0.468. The van der Waals surface area contributed by atoms with Crippen LogP contribution >= 0.6 is 27.5 Å². The minimum atomic E-state index is -1.04. The van der Waals surface area contributed by atoms with Gasteiger partial charge in [0.2, 0.25) is 0 Å². The van der Waals surface area contributed by atoms with Crippen molar-refractivity contribution in [1.29, 1.82) is 0 Å². The molecule has 0 amide bonds. The van der Waals surface area contributed by atoms with Gasteiger partial charge in [0.1, 0.15) is 10.5 Å². The molecule has 0 aliphatic rings. The molecule has 0 aliphatic carbocycles. The van der Waals surface area contributed by atoms with Crippen molar-refractivity contribution in [2.45, 2.75) is 19.4 Å². The number of hydrogen-bond acceptors (Lipinski definition) is 6. The van der Waals surface area contributed by atoms with Gasteiger partial charge in [-0.25, -0.2) is 0 Å². The van der Waals surface area contributed by atoms with E-state index < -0.39 is 28.4 Å². The van der Waals surface area contributed by atoms with Gasteiger partial charge in [0.25, 0.3) is 0 Å². The van der Waals surface area contributed by atoms with Crippen LogP contribution in [0, 0.1) is 10.1 Å². The molecule has 1 rings (SSSR count). The van der Waals surface area contributed by atoms with E-state index in [1.165, 1.54) is 6.07 Å². The molecule has 20 heavy (non-hydrogen) atoms. The molecule has 0 saturated heterocycles. The number of nitro groups is 1. The summed E-state index contributed by atoms with van der Waals surface area (Å²) in [5.74, 6) is -1.24. The van der Waals surface area contributed by atoms with Crippen LogP contribution in [0.4, 0.5) is 5.69 Å². The van der Waals surface area contributed by atoms with Crippen LogP contribution in [0.25, 0.3) is 0 Å². The van der Waals surface area contributed by atoms with Gasteiger partial charge in [0.05, 0.1) is 16.6 Å². The third-order valence-electron chi connectivity index (χ3n) is 2.46. The number of ether oxygens (including phenoxy) is 1. The minimum Gasteiger partial charge on any atom is -0.502 e. The number of benzene rings is 1. The molecule has 1 unspecified atom stereocenters. The van der Waals surface area contributed by atoms with E-state index in [1.807, 2.05) is 0 Å². The van der Waals surface area contributed by atoms with Crippen LogP contribution in [0.3, 0.4) is 0 Å². The van der Waals surface area contributed by atoms with Gasteiger partial charge in [-0.15, -0.1) is 0 Å². The standard InChI is InChI=1S/C11H12BrClN2O5/c1-2-20-11(17)7(14)4-5-3-6(13)8(12)9(10(5)16)15(18)19/h3,7,16H,2,4,14H2,1H3. The van der Waals surface area contributed by atoms with E-state index in [2.05, 4.69) is 15.9 Å². The summed E-state index contributed by atoms with van der Waals surface area (Å²) in [5, 5.41) is 20.8. The summed E-state index contributed by atoms with van der Waals surface area (Å²) in [4.78, 5) is 21.6. The maximum atomic E-state index is 11.4. The topological polar surface area (TPSA) is 116 Å². The Morgan fingerprint density at radius 2 is 2.30 bits per heavy atom. The molecular weight excluding hydrogens is 355 g/mol. The van der Waals surface area contributed by atoms with Crippen molar-refractivity contribution in [3.8, 4) is 5.75 Å². The number of halogens is 2. The second-order valence-corrected chi connectivity index (χ2v) is 5.05. The monoisotopic (exact) mass is 366 g/mol. The number of nitro benzene ring substituents is 1. The van der Waals surface area contributed by atoms with Gasteiger partial charge in [-0.2, -0.15) is 0 Å². The van der Waals surface area contributed by atoms with E-state index in [4.69, 9.17) is 22.1 Å².